The molecule has 0 aliphatic carbocycles. The molecule has 0 saturated carbocycles. The van der Waals surface area contributed by atoms with Gasteiger partial charge in [-0.3, -0.25) is 29.1 Å². The Balaban J connectivity index is 1.81. The molecule has 17 heteroatoms. The summed E-state index contributed by atoms with van der Waals surface area (Å²) in [6.45, 7) is 0.0228. The Morgan fingerprint density at radius 1 is 1.11 bits per heavy atom. The van der Waals surface area contributed by atoms with E-state index in [1.165, 1.54) is 18.3 Å². The number of fused-ring (bicyclic) bond motifs is 1. The number of hydrogen-bond acceptors (Lipinski definition) is 10. The fourth-order valence-electron chi connectivity index (χ4n) is 3.25. The average Bonchev–Trinajstić information content (AvgIpc) is 2.84. The van der Waals surface area contributed by atoms with Crippen molar-refractivity contribution in [3.05, 3.63) is 52.1 Å². The normalized spacial score (nSPS) is 12.1. The number of amides is 2. The Bertz CT molecular complexity index is 1460. The first-order chi connectivity index (χ1) is 17.8. The first kappa shape index (κ1) is 27.5. The van der Waals surface area contributed by atoms with Gasteiger partial charge < -0.3 is 21.3 Å². The van der Waals surface area contributed by atoms with Crippen molar-refractivity contribution in [2.45, 2.75) is 31.6 Å². The number of benzene rings is 1. The highest BCUT2D eigenvalue weighted by atomic mass is 19.4. The number of carbonyl (C=O) groups is 4. The Morgan fingerprint density at radius 3 is 2.34 bits per heavy atom. The number of rotatable bonds is 9. The number of nitrogens with zero attached hydrogens (tertiary/aromatic N) is 4. The lowest BCUT2D eigenvalue weighted by molar-refractivity contribution is -0.186. The Hall–Kier alpha value is -5.09. The van der Waals surface area contributed by atoms with Gasteiger partial charge >= 0.3 is 24.0 Å². The number of aromatic amines is 1. The number of anilines is 2. The van der Waals surface area contributed by atoms with E-state index >= 15 is 0 Å². The highest BCUT2D eigenvalue weighted by Gasteiger charge is 2.49. The fourth-order valence-corrected chi connectivity index (χ4v) is 3.25. The topological polar surface area (TPSA) is 222 Å². The van der Waals surface area contributed by atoms with Crippen LogP contribution < -0.4 is 16.6 Å². The number of H-pyrrole nitrogens is 1. The van der Waals surface area contributed by atoms with Crippen LogP contribution in [-0.2, 0) is 20.9 Å². The highest BCUT2D eigenvalue weighted by molar-refractivity contribution is 6.08. The number of imide groups is 1. The van der Waals surface area contributed by atoms with E-state index in [1.807, 2.05) is 0 Å². The summed E-state index contributed by atoms with van der Waals surface area (Å²) in [6, 6.07) is 2.24. The molecule has 0 aliphatic heterocycles. The van der Waals surface area contributed by atoms with Gasteiger partial charge in [-0.15, -0.1) is 0 Å². The number of nitrogens with one attached hydrogen (secondary N) is 2. The van der Waals surface area contributed by atoms with Crippen molar-refractivity contribution < 1.29 is 42.6 Å². The van der Waals surface area contributed by atoms with Crippen molar-refractivity contribution in [1.82, 2.24) is 24.8 Å². The molecular formula is C21H18F3N7O7. The third kappa shape index (κ3) is 6.37. The molecule has 3 aromatic rings. The number of aromatic nitrogens is 4. The summed E-state index contributed by atoms with van der Waals surface area (Å²) in [5, 5.41) is 21.0. The van der Waals surface area contributed by atoms with Crippen LogP contribution in [0.15, 0.2) is 35.3 Å². The summed E-state index contributed by atoms with van der Waals surface area (Å²) in [5.74, 6) is -7.97. The van der Waals surface area contributed by atoms with E-state index in [0.717, 1.165) is 12.1 Å². The number of nitrogens with two attached hydrogens (primary N) is 1. The van der Waals surface area contributed by atoms with Gasteiger partial charge in [0.25, 0.3) is 11.5 Å². The Kier molecular flexibility index (Phi) is 7.88. The van der Waals surface area contributed by atoms with Crippen LogP contribution in [-0.4, -0.2) is 71.0 Å². The molecule has 0 unspecified atom stereocenters. The zero-order valence-electron chi connectivity index (χ0n) is 19.0. The van der Waals surface area contributed by atoms with Crippen molar-refractivity contribution in [1.29, 1.82) is 0 Å². The van der Waals surface area contributed by atoms with Crippen LogP contribution in [0.5, 0.6) is 0 Å². The maximum Gasteiger partial charge on any atom is 0.471 e. The monoisotopic (exact) mass is 537 g/mol. The highest BCUT2D eigenvalue weighted by Crippen LogP contribution is 2.24. The molecule has 1 aromatic carbocycles. The SMILES string of the molecule is Nc1nc2ncc(CNc3ccc(C(=O)N(C(=O)C(F)(F)F)[C@@H](CCC(=O)O)C(=O)O)cc3)nc2c(=O)[nH]1. The molecule has 0 radical (unpaired) electrons. The van der Waals surface area contributed by atoms with Gasteiger partial charge in [-0.25, -0.2) is 14.8 Å². The third-order valence-corrected chi connectivity index (χ3v) is 5.00. The van der Waals surface area contributed by atoms with Crippen molar-refractivity contribution in [3.63, 3.8) is 0 Å². The van der Waals surface area contributed by atoms with Crippen LogP contribution in [0.2, 0.25) is 0 Å². The molecule has 200 valence electrons. The van der Waals surface area contributed by atoms with E-state index in [0.29, 0.717) is 11.4 Å². The number of halogens is 3. The number of hydrogen-bond donors (Lipinski definition) is 5. The van der Waals surface area contributed by atoms with E-state index in [1.54, 1.807) is 0 Å². The van der Waals surface area contributed by atoms with E-state index in [-0.39, 0.29) is 23.7 Å². The summed E-state index contributed by atoms with van der Waals surface area (Å²) in [7, 11) is 0. The summed E-state index contributed by atoms with van der Waals surface area (Å²) in [5.41, 5.74) is 4.98. The standard InChI is InChI=1S/C21H18F3N7O7/c22-21(23,24)19(38)31(12(18(36)37)5-6-13(32)33)17(35)9-1-3-10(4-2-9)26-7-11-8-27-15-14(28-11)16(34)30-20(25)29-15/h1-4,8,12,26H,5-7H2,(H,32,33)(H,36,37)(H3,25,27,29,30,34)/t12-/m0/s1. The van der Waals surface area contributed by atoms with Gasteiger partial charge in [-0.05, 0) is 30.7 Å². The van der Waals surface area contributed by atoms with Gasteiger partial charge in [-0.1, -0.05) is 0 Å². The lowest BCUT2D eigenvalue weighted by atomic mass is 10.1. The number of carboxylic acids is 2. The van der Waals surface area contributed by atoms with Crippen LogP contribution in [0.3, 0.4) is 0 Å². The molecule has 0 spiro atoms. The van der Waals surface area contributed by atoms with Crippen LogP contribution in [0, 0.1) is 0 Å². The molecule has 1 atom stereocenters. The summed E-state index contributed by atoms with van der Waals surface area (Å²) in [4.78, 5) is 72.8. The molecule has 14 nitrogen and oxygen atoms in total. The van der Waals surface area contributed by atoms with Gasteiger partial charge in [0.15, 0.2) is 11.2 Å². The average molecular weight is 537 g/mol. The molecule has 0 fully saturated rings. The van der Waals surface area contributed by atoms with E-state index in [4.69, 9.17) is 10.8 Å². The molecule has 6 N–H and O–H groups in total. The molecule has 0 bridgehead atoms. The zero-order chi connectivity index (χ0) is 28.2. The predicted molar refractivity (Wildman–Crippen MR) is 122 cm³/mol. The van der Waals surface area contributed by atoms with Gasteiger partial charge in [0.05, 0.1) is 18.4 Å². The number of nitrogen functional groups attached to an aromatic ring is 1. The fraction of sp³-hybridized carbons (Fsp3) is 0.238. The van der Waals surface area contributed by atoms with E-state index in [9.17, 15) is 42.3 Å². The molecule has 0 saturated heterocycles. The molecule has 3 rings (SSSR count). The first-order valence-electron chi connectivity index (χ1n) is 10.5. The second kappa shape index (κ2) is 10.9. The molecular weight excluding hydrogens is 519 g/mol. The minimum Gasteiger partial charge on any atom is -0.481 e. The molecule has 2 heterocycles. The van der Waals surface area contributed by atoms with Crippen molar-refractivity contribution in [2.24, 2.45) is 0 Å². The quantitative estimate of drug-likeness (QED) is 0.255. The molecule has 0 aliphatic rings. The summed E-state index contributed by atoms with van der Waals surface area (Å²) >= 11 is 0. The summed E-state index contributed by atoms with van der Waals surface area (Å²) < 4.78 is 39.5. The van der Waals surface area contributed by atoms with Crippen LogP contribution in [0.1, 0.15) is 28.9 Å². The Morgan fingerprint density at radius 2 is 1.76 bits per heavy atom. The summed E-state index contributed by atoms with van der Waals surface area (Å²) in [6.07, 6.45) is -6.11. The van der Waals surface area contributed by atoms with Crippen LogP contribution in [0.4, 0.5) is 24.8 Å². The van der Waals surface area contributed by atoms with Gasteiger partial charge in [-0.2, -0.15) is 18.2 Å². The lowest BCUT2D eigenvalue weighted by Crippen LogP contribution is -2.53. The predicted octanol–water partition coefficient (Wildman–Crippen LogP) is 0.756. The maximum absolute atomic E-state index is 13.2. The van der Waals surface area contributed by atoms with E-state index in [2.05, 4.69) is 25.3 Å². The molecule has 2 amide bonds. The van der Waals surface area contributed by atoms with Crippen LogP contribution >= 0.6 is 0 Å². The lowest BCUT2D eigenvalue weighted by Gasteiger charge is -2.27. The molecule has 38 heavy (non-hydrogen) atoms. The third-order valence-electron chi connectivity index (χ3n) is 5.00. The van der Waals surface area contributed by atoms with Gasteiger partial charge in [0.2, 0.25) is 5.95 Å². The zero-order valence-corrected chi connectivity index (χ0v) is 19.0. The largest absolute Gasteiger partial charge is 0.481 e. The number of carboxylic acid groups (broad SMARTS) is 2. The second-order valence-corrected chi connectivity index (χ2v) is 7.68. The van der Waals surface area contributed by atoms with Gasteiger partial charge in [0, 0.05) is 17.7 Å². The maximum atomic E-state index is 13.2. The Labute approximate surface area is 209 Å². The first-order valence-corrected chi connectivity index (χ1v) is 10.5. The van der Waals surface area contributed by atoms with Crippen molar-refractivity contribution in [3.8, 4) is 0 Å². The smallest absolute Gasteiger partial charge is 0.471 e. The van der Waals surface area contributed by atoms with E-state index < -0.39 is 64.8 Å². The molecule has 2 aromatic heterocycles. The van der Waals surface area contributed by atoms with Crippen molar-refractivity contribution >= 4 is 46.6 Å². The van der Waals surface area contributed by atoms with Gasteiger partial charge in [0.1, 0.15) is 6.04 Å². The minimum absolute atomic E-state index is 0.0228. The minimum atomic E-state index is -5.60. The second-order valence-electron chi connectivity index (χ2n) is 7.68. The number of aliphatic carboxylic acids is 2. The number of carbonyl (C=O) groups excluding carboxylic acids is 2. The van der Waals surface area contributed by atoms with Crippen molar-refractivity contribution in [2.75, 3.05) is 11.1 Å². The van der Waals surface area contributed by atoms with Crippen LogP contribution in [0.25, 0.3) is 11.2 Å². The number of alkyl halides is 3.